The Kier molecular flexibility index (Phi) is 2.97. The van der Waals surface area contributed by atoms with Crippen LogP contribution in [-0.2, 0) is 18.5 Å². The molecule has 0 atom stereocenters. The average Bonchev–Trinajstić information content (AvgIpc) is 2.69. The van der Waals surface area contributed by atoms with Crippen LogP contribution in [-0.4, -0.2) is 21.6 Å². The van der Waals surface area contributed by atoms with Crippen LogP contribution in [0.25, 0.3) is 0 Å². The molecular formula is C9H9ClO4S. The van der Waals surface area contributed by atoms with E-state index >= 15 is 0 Å². The molecule has 0 bridgehead atoms. The fourth-order valence-corrected chi connectivity index (χ4v) is 2.11. The second-order valence-corrected chi connectivity index (χ2v) is 5.65. The summed E-state index contributed by atoms with van der Waals surface area (Å²) in [5.41, 5.74) is 0.788. The first kappa shape index (κ1) is 10.9. The minimum absolute atomic E-state index is 0.0749. The van der Waals surface area contributed by atoms with E-state index in [1.54, 1.807) is 12.1 Å². The molecule has 0 radical (unpaired) electrons. The highest BCUT2D eigenvalue weighted by Gasteiger charge is 2.18. The lowest BCUT2D eigenvalue weighted by molar-refractivity contribution is -0.0441. The Morgan fingerprint density at radius 3 is 2.13 bits per heavy atom. The molecule has 0 aromatic heterocycles. The summed E-state index contributed by atoms with van der Waals surface area (Å²) in [5, 5.41) is 0. The van der Waals surface area contributed by atoms with Crippen molar-refractivity contribution in [3.8, 4) is 0 Å². The third-order valence-corrected chi connectivity index (χ3v) is 3.43. The monoisotopic (exact) mass is 248 g/mol. The number of ether oxygens (including phenoxy) is 2. The smallest absolute Gasteiger partial charge is 0.261 e. The average molecular weight is 249 g/mol. The van der Waals surface area contributed by atoms with E-state index in [1.165, 1.54) is 12.1 Å². The Hall–Kier alpha value is -0.620. The van der Waals surface area contributed by atoms with Crippen LogP contribution < -0.4 is 0 Å². The van der Waals surface area contributed by atoms with Crippen LogP contribution in [0.4, 0.5) is 0 Å². The number of rotatable bonds is 2. The van der Waals surface area contributed by atoms with Crippen LogP contribution in [0.5, 0.6) is 0 Å². The topological polar surface area (TPSA) is 52.6 Å². The summed E-state index contributed by atoms with van der Waals surface area (Å²) in [5.74, 6) is 0. The van der Waals surface area contributed by atoms with Crippen LogP contribution >= 0.6 is 10.7 Å². The van der Waals surface area contributed by atoms with Crippen molar-refractivity contribution in [3.05, 3.63) is 29.8 Å². The summed E-state index contributed by atoms with van der Waals surface area (Å²) in [6.07, 6.45) is -0.392. The van der Waals surface area contributed by atoms with Crippen LogP contribution in [0.15, 0.2) is 29.2 Å². The SMILES string of the molecule is O=S(=O)(Cl)c1ccc(C2OCCO2)cc1. The molecule has 0 saturated carbocycles. The van der Waals surface area contributed by atoms with E-state index in [4.69, 9.17) is 20.2 Å². The van der Waals surface area contributed by atoms with Gasteiger partial charge in [-0.05, 0) is 12.1 Å². The first-order chi connectivity index (χ1) is 7.07. The normalized spacial score (nSPS) is 18.2. The second-order valence-electron chi connectivity index (χ2n) is 3.08. The molecule has 2 rings (SSSR count). The van der Waals surface area contributed by atoms with Gasteiger partial charge in [0.15, 0.2) is 6.29 Å². The summed E-state index contributed by atoms with van der Waals surface area (Å²) in [4.78, 5) is 0.0749. The van der Waals surface area contributed by atoms with Gasteiger partial charge in [-0.1, -0.05) is 12.1 Å². The van der Waals surface area contributed by atoms with Gasteiger partial charge >= 0.3 is 0 Å². The summed E-state index contributed by atoms with van der Waals surface area (Å²) < 4.78 is 32.5. The maximum Gasteiger partial charge on any atom is 0.261 e. The predicted octanol–water partition coefficient (Wildman–Crippen LogP) is 1.66. The van der Waals surface area contributed by atoms with Crippen molar-refractivity contribution in [1.29, 1.82) is 0 Å². The maximum atomic E-state index is 11.0. The van der Waals surface area contributed by atoms with Crippen molar-refractivity contribution in [2.24, 2.45) is 0 Å². The van der Waals surface area contributed by atoms with Gasteiger partial charge in [-0.2, -0.15) is 0 Å². The van der Waals surface area contributed by atoms with E-state index in [9.17, 15) is 8.42 Å². The van der Waals surface area contributed by atoms with E-state index in [0.717, 1.165) is 5.56 Å². The molecule has 1 saturated heterocycles. The Bertz CT molecular complexity index is 434. The zero-order chi connectivity index (χ0) is 10.9. The minimum Gasteiger partial charge on any atom is -0.346 e. The standard InChI is InChI=1S/C9H9ClO4S/c10-15(11,12)8-3-1-7(2-4-8)9-13-5-6-14-9/h1-4,9H,5-6H2. The highest BCUT2D eigenvalue weighted by atomic mass is 35.7. The van der Waals surface area contributed by atoms with Gasteiger partial charge in [-0.25, -0.2) is 8.42 Å². The fraction of sp³-hybridized carbons (Fsp3) is 0.333. The van der Waals surface area contributed by atoms with Crippen LogP contribution in [0.3, 0.4) is 0 Å². The molecule has 0 amide bonds. The molecule has 1 aliphatic heterocycles. The summed E-state index contributed by atoms with van der Waals surface area (Å²) in [6, 6.07) is 6.13. The molecule has 1 fully saturated rings. The molecule has 0 spiro atoms. The Morgan fingerprint density at radius 2 is 1.67 bits per heavy atom. The predicted molar refractivity (Wildman–Crippen MR) is 54.1 cm³/mol. The number of hydrogen-bond acceptors (Lipinski definition) is 4. The zero-order valence-electron chi connectivity index (χ0n) is 7.72. The fourth-order valence-electron chi connectivity index (χ4n) is 1.34. The van der Waals surface area contributed by atoms with Gasteiger partial charge in [-0.3, -0.25) is 0 Å². The van der Waals surface area contributed by atoms with E-state index in [1.807, 2.05) is 0 Å². The molecule has 1 heterocycles. The summed E-state index contributed by atoms with van der Waals surface area (Å²) in [6.45, 7) is 1.11. The molecule has 15 heavy (non-hydrogen) atoms. The van der Waals surface area contributed by atoms with Gasteiger partial charge in [0.25, 0.3) is 9.05 Å². The summed E-state index contributed by atoms with van der Waals surface area (Å²) in [7, 11) is 1.53. The molecule has 0 aliphatic carbocycles. The zero-order valence-corrected chi connectivity index (χ0v) is 9.29. The maximum absolute atomic E-state index is 11.0. The highest BCUT2D eigenvalue weighted by molar-refractivity contribution is 8.13. The first-order valence-electron chi connectivity index (χ1n) is 4.35. The van der Waals surface area contributed by atoms with E-state index in [2.05, 4.69) is 0 Å². The molecule has 1 aromatic carbocycles. The third kappa shape index (κ3) is 2.49. The number of hydrogen-bond donors (Lipinski definition) is 0. The van der Waals surface area contributed by atoms with E-state index in [-0.39, 0.29) is 4.90 Å². The van der Waals surface area contributed by atoms with Crippen molar-refractivity contribution < 1.29 is 17.9 Å². The van der Waals surface area contributed by atoms with Crippen molar-refractivity contribution in [1.82, 2.24) is 0 Å². The largest absolute Gasteiger partial charge is 0.346 e. The molecule has 4 nitrogen and oxygen atoms in total. The Balaban J connectivity index is 2.24. The van der Waals surface area contributed by atoms with Crippen LogP contribution in [0, 0.1) is 0 Å². The van der Waals surface area contributed by atoms with Crippen LogP contribution in [0.2, 0.25) is 0 Å². The highest BCUT2D eigenvalue weighted by Crippen LogP contribution is 2.24. The first-order valence-corrected chi connectivity index (χ1v) is 6.66. The Morgan fingerprint density at radius 1 is 1.13 bits per heavy atom. The van der Waals surface area contributed by atoms with Gasteiger partial charge in [0, 0.05) is 16.2 Å². The molecule has 0 N–H and O–H groups in total. The summed E-state index contributed by atoms with van der Waals surface area (Å²) >= 11 is 0. The lowest BCUT2D eigenvalue weighted by Crippen LogP contribution is -1.98. The van der Waals surface area contributed by atoms with Gasteiger partial charge in [0.1, 0.15) is 0 Å². The van der Waals surface area contributed by atoms with Crippen molar-refractivity contribution in [2.45, 2.75) is 11.2 Å². The van der Waals surface area contributed by atoms with Crippen molar-refractivity contribution >= 4 is 19.7 Å². The molecule has 6 heteroatoms. The van der Waals surface area contributed by atoms with E-state index < -0.39 is 15.3 Å². The van der Waals surface area contributed by atoms with Gasteiger partial charge < -0.3 is 9.47 Å². The van der Waals surface area contributed by atoms with Gasteiger partial charge in [0.05, 0.1) is 18.1 Å². The van der Waals surface area contributed by atoms with Crippen LogP contribution in [0.1, 0.15) is 11.9 Å². The lowest BCUT2D eigenvalue weighted by atomic mass is 10.2. The quantitative estimate of drug-likeness (QED) is 0.747. The van der Waals surface area contributed by atoms with Gasteiger partial charge in [0.2, 0.25) is 0 Å². The lowest BCUT2D eigenvalue weighted by Gasteiger charge is -2.08. The third-order valence-electron chi connectivity index (χ3n) is 2.06. The van der Waals surface area contributed by atoms with E-state index in [0.29, 0.717) is 13.2 Å². The molecule has 1 aromatic rings. The van der Waals surface area contributed by atoms with Gasteiger partial charge in [-0.15, -0.1) is 0 Å². The number of halogens is 1. The van der Waals surface area contributed by atoms with Crippen molar-refractivity contribution in [2.75, 3.05) is 13.2 Å². The second kappa shape index (κ2) is 4.09. The van der Waals surface area contributed by atoms with Crippen molar-refractivity contribution in [3.63, 3.8) is 0 Å². The molecule has 0 unspecified atom stereocenters. The molecule has 82 valence electrons. The minimum atomic E-state index is -3.65. The number of benzene rings is 1. The molecule has 1 aliphatic rings. The molecular weight excluding hydrogens is 240 g/mol. The Labute approximate surface area is 92.2 Å².